The molecule has 0 fully saturated rings. The average molecular weight is 569 g/mol. The third-order valence-corrected chi connectivity index (χ3v) is 7.72. The van der Waals surface area contributed by atoms with Crippen molar-refractivity contribution in [2.75, 3.05) is 0 Å². The van der Waals surface area contributed by atoms with Crippen LogP contribution in [0.5, 0.6) is 0 Å². The van der Waals surface area contributed by atoms with E-state index < -0.39 is 10.4 Å². The van der Waals surface area contributed by atoms with Crippen molar-refractivity contribution in [1.29, 1.82) is 0 Å². The Morgan fingerprint density at radius 1 is 0.436 bits per heavy atom. The van der Waals surface area contributed by atoms with Gasteiger partial charge in [0.2, 0.25) is 0 Å². The second-order valence-electron chi connectivity index (χ2n) is 11.5. The molecule has 0 heterocycles. The normalized spacial score (nSPS) is 11.4. The molecule has 5 heteroatoms. The molecule has 1 aromatic carbocycles. The molecule has 4 nitrogen and oxygen atoms in total. The zero-order valence-electron chi connectivity index (χ0n) is 25.8. The van der Waals surface area contributed by atoms with Crippen LogP contribution in [0.2, 0.25) is 0 Å². The van der Waals surface area contributed by atoms with Gasteiger partial charge in [-0.05, 0) is 36.8 Å². The molecule has 0 saturated carbocycles. The highest BCUT2D eigenvalue weighted by Gasteiger charge is 2.02. The Morgan fingerprint density at radius 2 is 0.641 bits per heavy atom. The van der Waals surface area contributed by atoms with Crippen LogP contribution in [0.25, 0.3) is 0 Å². The summed E-state index contributed by atoms with van der Waals surface area (Å²) in [6.07, 6.45) is 37.2. The van der Waals surface area contributed by atoms with Gasteiger partial charge in [-0.3, -0.25) is 9.11 Å². The minimum atomic E-state index is -4.67. The smallest absolute Gasteiger partial charge is 0.264 e. The average Bonchev–Trinajstić information content (AvgIpc) is 2.89. The Kier molecular flexibility index (Phi) is 27.9. The van der Waals surface area contributed by atoms with Crippen molar-refractivity contribution in [2.45, 2.75) is 181 Å². The summed E-state index contributed by atoms with van der Waals surface area (Å²) in [5.74, 6) is 0. The summed E-state index contributed by atoms with van der Waals surface area (Å²) in [7, 11) is -4.67. The van der Waals surface area contributed by atoms with E-state index in [9.17, 15) is 0 Å². The zero-order valence-corrected chi connectivity index (χ0v) is 26.6. The first kappa shape index (κ1) is 38.1. The summed E-state index contributed by atoms with van der Waals surface area (Å²) in [6.45, 7) is 4.61. The van der Waals surface area contributed by atoms with Crippen LogP contribution in [0.4, 0.5) is 0 Å². The predicted molar refractivity (Wildman–Crippen MR) is 170 cm³/mol. The molecule has 230 valence electrons. The largest absolute Gasteiger partial charge is 0.394 e. The fourth-order valence-electron chi connectivity index (χ4n) is 5.36. The van der Waals surface area contributed by atoms with Crippen molar-refractivity contribution in [3.8, 4) is 0 Å². The summed E-state index contributed by atoms with van der Waals surface area (Å²) < 4.78 is 31.6. The molecule has 1 aromatic rings. The number of aryl methyl sites for hydroxylation is 2. The molecule has 2 N–H and O–H groups in total. The Balaban J connectivity index is 0.00000263. The minimum absolute atomic E-state index is 1.30. The first-order chi connectivity index (χ1) is 18.9. The molecule has 0 bridgehead atoms. The summed E-state index contributed by atoms with van der Waals surface area (Å²) in [6, 6.07) is 9.30. The van der Waals surface area contributed by atoms with Crippen LogP contribution < -0.4 is 0 Å². The molecule has 0 amide bonds. The Labute approximate surface area is 243 Å². The molecular formula is C34H64O4S. The molecule has 0 atom stereocenters. The van der Waals surface area contributed by atoms with Gasteiger partial charge >= 0.3 is 10.4 Å². The number of unbranched alkanes of at least 4 members (excludes halogenated alkanes) is 22. The quantitative estimate of drug-likeness (QED) is 0.0860. The minimum Gasteiger partial charge on any atom is -0.264 e. The van der Waals surface area contributed by atoms with Gasteiger partial charge in [0.1, 0.15) is 0 Å². The van der Waals surface area contributed by atoms with Crippen LogP contribution in [0.1, 0.15) is 179 Å². The fourth-order valence-corrected chi connectivity index (χ4v) is 5.36. The fraction of sp³-hybridized carbons (Fsp3) is 0.824. The van der Waals surface area contributed by atoms with Gasteiger partial charge in [-0.2, -0.15) is 8.42 Å². The maximum absolute atomic E-state index is 8.74. The molecule has 0 unspecified atom stereocenters. The molecule has 1 rings (SSSR count). The van der Waals surface area contributed by atoms with Crippen molar-refractivity contribution in [3.05, 3.63) is 35.4 Å². The third kappa shape index (κ3) is 31.5. The highest BCUT2D eigenvalue weighted by atomic mass is 32.3. The number of benzene rings is 1. The molecule has 0 aliphatic rings. The lowest BCUT2D eigenvalue weighted by molar-refractivity contribution is 0.381. The van der Waals surface area contributed by atoms with Gasteiger partial charge in [-0.25, -0.2) is 0 Å². The van der Waals surface area contributed by atoms with E-state index in [1.165, 1.54) is 167 Å². The van der Waals surface area contributed by atoms with Crippen LogP contribution >= 0.6 is 0 Å². The van der Waals surface area contributed by atoms with E-state index in [2.05, 4.69) is 38.1 Å². The van der Waals surface area contributed by atoms with Crippen molar-refractivity contribution >= 4 is 10.4 Å². The standard InChI is InChI=1S/C34H62.H2O4S/c1-3-5-7-9-11-13-15-17-19-21-23-25-29-33-31-27-28-32-34(33)30-26-24-22-20-18-16-14-12-10-8-6-4-2;1-5(2,3)4/h27-28,31-32H,3-26,29-30H2,1-2H3;(H2,1,2,3,4). The van der Waals surface area contributed by atoms with Gasteiger partial charge < -0.3 is 0 Å². The molecule has 0 saturated heterocycles. The Bertz CT molecular complexity index is 677. The van der Waals surface area contributed by atoms with E-state index in [0.717, 1.165) is 0 Å². The molecular weight excluding hydrogens is 504 g/mol. The number of rotatable bonds is 26. The zero-order chi connectivity index (χ0) is 28.9. The van der Waals surface area contributed by atoms with Crippen LogP contribution in [-0.4, -0.2) is 17.5 Å². The monoisotopic (exact) mass is 568 g/mol. The SMILES string of the molecule is CCCCCCCCCCCCCCc1ccccc1CCCCCCCCCCCCCC.O=S(=O)(O)O. The second-order valence-corrected chi connectivity index (χ2v) is 12.4. The summed E-state index contributed by atoms with van der Waals surface area (Å²) in [4.78, 5) is 0. The van der Waals surface area contributed by atoms with Gasteiger partial charge in [0.15, 0.2) is 0 Å². The van der Waals surface area contributed by atoms with Crippen LogP contribution in [0.3, 0.4) is 0 Å². The molecule has 0 aliphatic heterocycles. The van der Waals surface area contributed by atoms with Gasteiger partial charge in [0.25, 0.3) is 0 Å². The summed E-state index contributed by atoms with van der Waals surface area (Å²) >= 11 is 0. The van der Waals surface area contributed by atoms with E-state index in [0.29, 0.717) is 0 Å². The lowest BCUT2D eigenvalue weighted by Crippen LogP contribution is -1.95. The van der Waals surface area contributed by atoms with Crippen molar-refractivity contribution < 1.29 is 17.5 Å². The second kappa shape index (κ2) is 28.6. The lowest BCUT2D eigenvalue weighted by atomic mass is 9.96. The third-order valence-electron chi connectivity index (χ3n) is 7.72. The molecule has 0 radical (unpaired) electrons. The van der Waals surface area contributed by atoms with E-state index in [4.69, 9.17) is 17.5 Å². The first-order valence-corrected chi connectivity index (χ1v) is 18.0. The molecule has 0 spiro atoms. The van der Waals surface area contributed by atoms with E-state index in [1.54, 1.807) is 11.1 Å². The maximum Gasteiger partial charge on any atom is 0.394 e. The molecule has 0 aromatic heterocycles. The van der Waals surface area contributed by atoms with Gasteiger partial charge in [-0.1, -0.05) is 179 Å². The van der Waals surface area contributed by atoms with Crippen LogP contribution in [-0.2, 0) is 23.2 Å². The maximum atomic E-state index is 8.74. The van der Waals surface area contributed by atoms with Crippen molar-refractivity contribution in [3.63, 3.8) is 0 Å². The van der Waals surface area contributed by atoms with Crippen molar-refractivity contribution in [1.82, 2.24) is 0 Å². The Morgan fingerprint density at radius 3 is 0.872 bits per heavy atom. The van der Waals surface area contributed by atoms with Crippen LogP contribution in [0, 0.1) is 0 Å². The predicted octanol–water partition coefficient (Wildman–Crippen LogP) is 11.5. The van der Waals surface area contributed by atoms with E-state index >= 15 is 0 Å². The first-order valence-electron chi connectivity index (χ1n) is 16.6. The summed E-state index contributed by atoms with van der Waals surface area (Å²) in [5, 5.41) is 0. The van der Waals surface area contributed by atoms with Gasteiger partial charge in [0, 0.05) is 0 Å². The molecule has 39 heavy (non-hydrogen) atoms. The summed E-state index contributed by atoms with van der Waals surface area (Å²) in [5.41, 5.74) is 3.27. The van der Waals surface area contributed by atoms with E-state index in [1.807, 2.05) is 0 Å². The van der Waals surface area contributed by atoms with Gasteiger partial charge in [-0.15, -0.1) is 0 Å². The Hall–Kier alpha value is -0.910. The topological polar surface area (TPSA) is 74.6 Å². The number of hydrogen-bond donors (Lipinski definition) is 2. The highest BCUT2D eigenvalue weighted by molar-refractivity contribution is 7.79. The molecule has 0 aliphatic carbocycles. The van der Waals surface area contributed by atoms with E-state index in [-0.39, 0.29) is 0 Å². The lowest BCUT2D eigenvalue weighted by Gasteiger charge is -2.10. The van der Waals surface area contributed by atoms with Crippen molar-refractivity contribution in [2.24, 2.45) is 0 Å². The number of hydrogen-bond acceptors (Lipinski definition) is 2. The highest BCUT2D eigenvalue weighted by Crippen LogP contribution is 2.18. The van der Waals surface area contributed by atoms with Crippen LogP contribution in [0.15, 0.2) is 24.3 Å². The van der Waals surface area contributed by atoms with Gasteiger partial charge in [0.05, 0.1) is 0 Å².